The number of hydrogen-bond acceptors (Lipinski definition) is 3. The summed E-state index contributed by atoms with van der Waals surface area (Å²) < 4.78 is 8.89. The highest BCUT2D eigenvalue weighted by Crippen LogP contribution is 2.26. The van der Waals surface area contributed by atoms with E-state index in [1.165, 1.54) is 17.0 Å². The molecule has 3 aromatic rings. The van der Waals surface area contributed by atoms with E-state index in [-0.39, 0.29) is 5.97 Å². The van der Waals surface area contributed by atoms with Crippen molar-refractivity contribution in [2.24, 2.45) is 7.05 Å². The number of carbonyl (C=O) groups excluding carboxylic acids is 1. The minimum Gasteiger partial charge on any atom is -0.463 e. The van der Waals surface area contributed by atoms with Gasteiger partial charge in [0.15, 0.2) is 0 Å². The van der Waals surface area contributed by atoms with Crippen LogP contribution in [0.4, 0.5) is 0 Å². The Kier molecular flexibility index (Phi) is 4.25. The van der Waals surface area contributed by atoms with Crippen LogP contribution in [0.2, 0.25) is 0 Å². The topological polar surface area (TPSA) is 49.0 Å². The van der Waals surface area contributed by atoms with Gasteiger partial charge in [-0.1, -0.05) is 11.6 Å². The molecule has 0 unspecified atom stereocenters. The van der Waals surface area contributed by atoms with Crippen molar-refractivity contribution in [2.45, 2.75) is 20.8 Å². The van der Waals surface area contributed by atoms with Crippen LogP contribution in [0.15, 0.2) is 36.5 Å². The number of ether oxygens (including phenoxy) is 1. The zero-order chi connectivity index (χ0) is 17.3. The Morgan fingerprint density at radius 3 is 2.83 bits per heavy atom. The van der Waals surface area contributed by atoms with Gasteiger partial charge in [-0.15, -0.1) is 0 Å². The van der Waals surface area contributed by atoms with Crippen LogP contribution >= 0.6 is 0 Å². The first kappa shape index (κ1) is 16.1. The lowest BCUT2D eigenvalue weighted by molar-refractivity contribution is -0.137. The Hall–Kier alpha value is -2.82. The van der Waals surface area contributed by atoms with Crippen molar-refractivity contribution in [3.8, 4) is 5.82 Å². The maximum Gasteiger partial charge on any atom is 0.330 e. The summed E-state index contributed by atoms with van der Waals surface area (Å²) in [5, 5.41) is 5.68. The van der Waals surface area contributed by atoms with E-state index in [0.717, 1.165) is 22.6 Å². The highest BCUT2D eigenvalue weighted by molar-refractivity contribution is 5.89. The van der Waals surface area contributed by atoms with Crippen molar-refractivity contribution >= 4 is 22.9 Å². The molecule has 24 heavy (non-hydrogen) atoms. The minimum absolute atomic E-state index is 0.348. The van der Waals surface area contributed by atoms with Crippen LogP contribution in [0, 0.1) is 13.8 Å². The van der Waals surface area contributed by atoms with Crippen molar-refractivity contribution in [3.05, 3.63) is 53.4 Å². The van der Waals surface area contributed by atoms with E-state index in [0.29, 0.717) is 6.61 Å². The molecule has 0 aliphatic carbocycles. The first-order valence-corrected chi connectivity index (χ1v) is 7.97. The summed E-state index contributed by atoms with van der Waals surface area (Å²) in [4.78, 5) is 11.6. The normalized spacial score (nSPS) is 11.5. The Morgan fingerprint density at radius 2 is 2.08 bits per heavy atom. The molecule has 0 saturated heterocycles. The fraction of sp³-hybridized carbons (Fsp3) is 0.263. The molecular weight excluding hydrogens is 302 g/mol. The SMILES string of the molecule is CCOC(=O)/C=C/c1c(C)nn(C)c1-n1ccc2cc(C)ccc21. The third-order valence-electron chi connectivity index (χ3n) is 3.98. The van der Waals surface area contributed by atoms with Crippen LogP contribution in [-0.4, -0.2) is 26.9 Å². The van der Waals surface area contributed by atoms with E-state index in [4.69, 9.17) is 4.74 Å². The molecule has 124 valence electrons. The molecule has 0 atom stereocenters. The molecule has 0 aliphatic rings. The van der Waals surface area contributed by atoms with Crippen LogP contribution in [0.3, 0.4) is 0 Å². The first-order chi connectivity index (χ1) is 11.5. The highest BCUT2D eigenvalue weighted by atomic mass is 16.5. The number of carbonyl (C=O) groups is 1. The highest BCUT2D eigenvalue weighted by Gasteiger charge is 2.15. The van der Waals surface area contributed by atoms with Crippen molar-refractivity contribution in [1.82, 2.24) is 14.3 Å². The molecule has 0 saturated carbocycles. The number of fused-ring (bicyclic) bond motifs is 1. The van der Waals surface area contributed by atoms with Crippen LogP contribution in [0.25, 0.3) is 22.8 Å². The predicted octanol–water partition coefficient (Wildman–Crippen LogP) is 3.56. The van der Waals surface area contributed by atoms with Crippen LogP contribution in [0.1, 0.15) is 23.7 Å². The molecule has 1 aromatic carbocycles. The summed E-state index contributed by atoms with van der Waals surface area (Å²) in [6, 6.07) is 8.44. The monoisotopic (exact) mass is 323 g/mol. The smallest absolute Gasteiger partial charge is 0.330 e. The molecule has 0 amide bonds. The van der Waals surface area contributed by atoms with Crippen molar-refractivity contribution < 1.29 is 9.53 Å². The number of aryl methyl sites for hydroxylation is 3. The van der Waals surface area contributed by atoms with Crippen molar-refractivity contribution in [3.63, 3.8) is 0 Å². The second kappa shape index (κ2) is 6.35. The van der Waals surface area contributed by atoms with Crippen molar-refractivity contribution in [1.29, 1.82) is 0 Å². The maximum absolute atomic E-state index is 11.6. The number of aromatic nitrogens is 3. The number of hydrogen-bond donors (Lipinski definition) is 0. The average Bonchev–Trinajstić information content (AvgIpc) is 3.05. The van der Waals surface area contributed by atoms with Gasteiger partial charge in [0.25, 0.3) is 0 Å². The van der Waals surface area contributed by atoms with Gasteiger partial charge in [0.1, 0.15) is 5.82 Å². The van der Waals surface area contributed by atoms with Gasteiger partial charge in [-0.05, 0) is 45.0 Å². The molecule has 0 spiro atoms. The van der Waals surface area contributed by atoms with E-state index in [1.807, 2.05) is 24.9 Å². The van der Waals surface area contributed by atoms with Crippen LogP contribution < -0.4 is 0 Å². The molecule has 5 heteroatoms. The Balaban J connectivity index is 2.12. The average molecular weight is 323 g/mol. The zero-order valence-electron chi connectivity index (χ0n) is 14.4. The number of benzene rings is 1. The number of rotatable bonds is 4. The second-order valence-electron chi connectivity index (χ2n) is 5.78. The van der Waals surface area contributed by atoms with E-state index >= 15 is 0 Å². The summed E-state index contributed by atoms with van der Waals surface area (Å²) in [5.74, 6) is 0.576. The van der Waals surface area contributed by atoms with E-state index in [2.05, 4.69) is 40.9 Å². The fourth-order valence-corrected chi connectivity index (χ4v) is 2.93. The molecule has 0 fully saturated rings. The lowest BCUT2D eigenvalue weighted by Crippen LogP contribution is -2.03. The maximum atomic E-state index is 11.6. The fourth-order valence-electron chi connectivity index (χ4n) is 2.93. The van der Waals surface area contributed by atoms with Gasteiger partial charge in [-0.25, -0.2) is 4.79 Å². The Morgan fingerprint density at radius 1 is 1.29 bits per heavy atom. The summed E-state index contributed by atoms with van der Waals surface area (Å²) in [6.07, 6.45) is 5.25. The molecular formula is C19H21N3O2. The Labute approximate surface area is 141 Å². The van der Waals surface area contributed by atoms with Gasteiger partial charge in [-0.2, -0.15) is 5.10 Å². The quantitative estimate of drug-likeness (QED) is 0.545. The zero-order valence-corrected chi connectivity index (χ0v) is 14.4. The molecule has 2 aromatic heterocycles. The molecule has 0 radical (unpaired) electrons. The van der Waals surface area contributed by atoms with E-state index in [1.54, 1.807) is 13.0 Å². The number of esters is 1. The largest absolute Gasteiger partial charge is 0.463 e. The van der Waals surface area contributed by atoms with Gasteiger partial charge in [0, 0.05) is 30.3 Å². The molecule has 0 N–H and O–H groups in total. The molecule has 2 heterocycles. The second-order valence-corrected chi connectivity index (χ2v) is 5.78. The third-order valence-corrected chi connectivity index (χ3v) is 3.98. The summed E-state index contributed by atoms with van der Waals surface area (Å²) in [5.41, 5.74) is 4.10. The van der Waals surface area contributed by atoms with Gasteiger partial charge < -0.3 is 9.30 Å². The van der Waals surface area contributed by atoms with Crippen molar-refractivity contribution in [2.75, 3.05) is 6.61 Å². The number of nitrogens with zero attached hydrogens (tertiary/aromatic N) is 3. The van der Waals surface area contributed by atoms with Crippen LogP contribution in [-0.2, 0) is 16.6 Å². The van der Waals surface area contributed by atoms with Gasteiger partial charge in [0.2, 0.25) is 0 Å². The molecule has 3 rings (SSSR count). The van der Waals surface area contributed by atoms with Gasteiger partial charge in [0.05, 0.1) is 17.8 Å². The first-order valence-electron chi connectivity index (χ1n) is 7.97. The lowest BCUT2D eigenvalue weighted by Gasteiger charge is -2.08. The third kappa shape index (κ3) is 2.85. The molecule has 5 nitrogen and oxygen atoms in total. The summed E-state index contributed by atoms with van der Waals surface area (Å²) >= 11 is 0. The minimum atomic E-state index is -0.348. The van der Waals surface area contributed by atoms with Crippen LogP contribution in [0.5, 0.6) is 0 Å². The van der Waals surface area contributed by atoms with E-state index < -0.39 is 0 Å². The lowest BCUT2D eigenvalue weighted by atomic mass is 10.2. The standard InChI is InChI=1S/C19H21N3O2/c1-5-24-18(23)9-7-16-14(3)20-21(4)19(16)22-11-10-15-12-13(2)6-8-17(15)22/h6-12H,5H2,1-4H3/b9-7+. The Bertz CT molecular complexity index is 932. The predicted molar refractivity (Wildman–Crippen MR) is 95.2 cm³/mol. The summed E-state index contributed by atoms with van der Waals surface area (Å²) in [7, 11) is 1.91. The van der Waals surface area contributed by atoms with E-state index in [9.17, 15) is 4.79 Å². The molecule has 0 aliphatic heterocycles. The van der Waals surface area contributed by atoms with Gasteiger partial charge in [-0.3, -0.25) is 4.68 Å². The van der Waals surface area contributed by atoms with Gasteiger partial charge >= 0.3 is 5.97 Å². The molecule has 0 bridgehead atoms. The summed E-state index contributed by atoms with van der Waals surface area (Å²) in [6.45, 7) is 6.17.